The maximum atomic E-state index is 13.4. The number of ether oxygens (including phenoxy) is 1. The van der Waals surface area contributed by atoms with Crippen LogP contribution in [0.25, 0.3) is 0 Å². The summed E-state index contributed by atoms with van der Waals surface area (Å²) in [4.78, 5) is 40.4. The van der Waals surface area contributed by atoms with Gasteiger partial charge in [0.2, 0.25) is 15.9 Å². The van der Waals surface area contributed by atoms with Crippen LogP contribution in [-0.2, 0) is 24.3 Å². The van der Waals surface area contributed by atoms with Crippen LogP contribution >= 0.6 is 0 Å². The molecule has 0 spiro atoms. The van der Waals surface area contributed by atoms with Crippen molar-refractivity contribution in [3.63, 3.8) is 0 Å². The predicted octanol–water partition coefficient (Wildman–Crippen LogP) is 0.888. The number of amides is 3. The van der Waals surface area contributed by atoms with Gasteiger partial charge in [-0.1, -0.05) is 25.0 Å². The zero-order valence-corrected chi connectivity index (χ0v) is 21.6. The average Bonchev–Trinajstić information content (AvgIpc) is 3.73. The van der Waals surface area contributed by atoms with Crippen LogP contribution in [0.4, 0.5) is 4.79 Å². The third-order valence-electron chi connectivity index (χ3n) is 7.59. The van der Waals surface area contributed by atoms with E-state index in [0.717, 1.165) is 25.7 Å². The van der Waals surface area contributed by atoms with E-state index in [0.29, 0.717) is 45.1 Å². The Kier molecular flexibility index (Phi) is 8.25. The van der Waals surface area contributed by atoms with Crippen LogP contribution in [-0.4, -0.2) is 78.6 Å². The summed E-state index contributed by atoms with van der Waals surface area (Å²) in [6.07, 6.45) is 8.54. The van der Waals surface area contributed by atoms with Crippen molar-refractivity contribution in [1.82, 2.24) is 20.3 Å². The number of alkyl carbamates (subject to hydrolysis) is 1. The molecule has 3 amide bonds. The van der Waals surface area contributed by atoms with E-state index in [2.05, 4.69) is 15.4 Å². The third-order valence-corrected chi connectivity index (χ3v) is 9.41. The fourth-order valence-electron chi connectivity index (χ4n) is 5.27. The summed E-state index contributed by atoms with van der Waals surface area (Å²) < 4.78 is 32.1. The number of allylic oxidation sites excluding steroid dienone is 1. The van der Waals surface area contributed by atoms with Crippen molar-refractivity contribution in [2.45, 2.75) is 100 Å². The van der Waals surface area contributed by atoms with Crippen molar-refractivity contribution in [2.24, 2.45) is 5.92 Å². The number of nitrogens with zero attached hydrogens (tertiary/aromatic N) is 1. The molecule has 36 heavy (non-hydrogen) atoms. The van der Waals surface area contributed by atoms with Gasteiger partial charge in [-0.3, -0.25) is 19.2 Å². The van der Waals surface area contributed by atoms with E-state index in [9.17, 15) is 27.9 Å². The molecule has 11 nitrogen and oxygen atoms in total. The Morgan fingerprint density at radius 1 is 1.19 bits per heavy atom. The second kappa shape index (κ2) is 11.1. The summed E-state index contributed by atoms with van der Waals surface area (Å²) >= 11 is 0. The SMILES string of the molecule is CCOC(=O)N[C@H]1CCCCC/C=C\[C@@H]2C[C@@]2(C(=O)NS(=O)(=O)C2CC2)NC(=O)[C@@H]2CCCN2C1O. The van der Waals surface area contributed by atoms with Crippen molar-refractivity contribution in [1.29, 1.82) is 0 Å². The number of sulfonamides is 1. The smallest absolute Gasteiger partial charge is 0.407 e. The van der Waals surface area contributed by atoms with Crippen molar-refractivity contribution < 1.29 is 32.6 Å². The number of aliphatic hydroxyl groups excluding tert-OH is 1. The van der Waals surface area contributed by atoms with Gasteiger partial charge < -0.3 is 20.5 Å². The Morgan fingerprint density at radius 3 is 2.69 bits per heavy atom. The molecule has 12 heteroatoms. The molecule has 4 N–H and O–H groups in total. The Labute approximate surface area is 212 Å². The van der Waals surface area contributed by atoms with E-state index in [1.165, 1.54) is 0 Å². The second-order valence-electron chi connectivity index (χ2n) is 10.3. The molecular formula is C24H38N4O7S. The van der Waals surface area contributed by atoms with Crippen LogP contribution in [0.5, 0.6) is 0 Å². The highest BCUT2D eigenvalue weighted by Gasteiger charge is 2.61. The van der Waals surface area contributed by atoms with Gasteiger partial charge in [0.05, 0.1) is 23.9 Å². The van der Waals surface area contributed by atoms with Gasteiger partial charge in [-0.15, -0.1) is 0 Å². The molecule has 202 valence electrons. The molecule has 0 bridgehead atoms. The van der Waals surface area contributed by atoms with E-state index in [1.807, 2.05) is 12.2 Å². The average molecular weight is 527 g/mol. The molecule has 2 saturated carbocycles. The number of hydrogen-bond donors (Lipinski definition) is 4. The number of carbonyl (C=O) groups is 3. The Hall–Kier alpha value is -2.18. The lowest BCUT2D eigenvalue weighted by atomic mass is 10.0. The zero-order valence-electron chi connectivity index (χ0n) is 20.8. The molecular weight excluding hydrogens is 488 g/mol. The first-order chi connectivity index (χ1) is 17.2. The van der Waals surface area contributed by atoms with E-state index in [-0.39, 0.29) is 12.5 Å². The van der Waals surface area contributed by atoms with Crippen LogP contribution in [0, 0.1) is 5.92 Å². The number of hydrogen-bond acceptors (Lipinski definition) is 8. The monoisotopic (exact) mass is 526 g/mol. The molecule has 0 radical (unpaired) electrons. The molecule has 0 aromatic rings. The van der Waals surface area contributed by atoms with E-state index in [4.69, 9.17) is 4.74 Å². The molecule has 5 atom stereocenters. The first-order valence-corrected chi connectivity index (χ1v) is 14.6. The minimum Gasteiger partial charge on any atom is -0.450 e. The van der Waals surface area contributed by atoms with Crippen LogP contribution in [0.3, 0.4) is 0 Å². The lowest BCUT2D eigenvalue weighted by molar-refractivity contribution is -0.135. The van der Waals surface area contributed by atoms with Crippen LogP contribution in [0.15, 0.2) is 12.2 Å². The van der Waals surface area contributed by atoms with Crippen molar-refractivity contribution in [3.05, 3.63) is 12.2 Å². The summed E-state index contributed by atoms with van der Waals surface area (Å²) in [5.74, 6) is -1.42. The van der Waals surface area contributed by atoms with Crippen molar-refractivity contribution in [3.8, 4) is 0 Å². The molecule has 0 aromatic carbocycles. The van der Waals surface area contributed by atoms with Crippen molar-refractivity contribution in [2.75, 3.05) is 13.2 Å². The first kappa shape index (κ1) is 26.9. The fraction of sp³-hybridized carbons (Fsp3) is 0.792. The Bertz CT molecular complexity index is 983. The molecule has 2 heterocycles. The molecule has 4 aliphatic rings. The minimum absolute atomic E-state index is 0.206. The van der Waals surface area contributed by atoms with E-state index in [1.54, 1.807) is 11.8 Å². The second-order valence-corrected chi connectivity index (χ2v) is 12.3. The van der Waals surface area contributed by atoms with Gasteiger partial charge in [0.25, 0.3) is 5.91 Å². The molecule has 0 aromatic heterocycles. The molecule has 2 aliphatic carbocycles. The molecule has 4 rings (SSSR count). The van der Waals surface area contributed by atoms with Gasteiger partial charge >= 0.3 is 6.09 Å². The fourth-order valence-corrected chi connectivity index (χ4v) is 6.63. The number of nitrogens with one attached hydrogen (secondary N) is 3. The molecule has 2 aliphatic heterocycles. The maximum Gasteiger partial charge on any atom is 0.407 e. The summed E-state index contributed by atoms with van der Waals surface area (Å²) in [5, 5.41) is 16.3. The number of carbonyl (C=O) groups excluding carboxylic acids is 3. The van der Waals surface area contributed by atoms with Gasteiger partial charge in [-0.2, -0.15) is 0 Å². The van der Waals surface area contributed by atoms with Gasteiger partial charge in [0.15, 0.2) is 0 Å². The summed E-state index contributed by atoms with van der Waals surface area (Å²) in [7, 11) is -3.76. The van der Waals surface area contributed by atoms with Gasteiger partial charge in [-0.05, 0) is 58.3 Å². The van der Waals surface area contributed by atoms with Crippen LogP contribution < -0.4 is 15.4 Å². The zero-order chi connectivity index (χ0) is 25.9. The molecule has 1 unspecified atom stereocenters. The highest BCUT2D eigenvalue weighted by Crippen LogP contribution is 2.46. The standard InChI is InChI=1S/C24H38N4O7S/c1-2-35-23(32)25-18-10-7-5-3-4-6-9-16-15-24(16,22(31)27-36(33,34)17-12-13-17)26-20(29)19-11-8-14-28(19)21(18)30/h6,9,16-19,21,30H,2-5,7-8,10-15H2,1H3,(H,25,32)(H,26,29)(H,27,31)/b9-6-/t16-,18+,19+,21?,24-/m1/s1. The maximum absolute atomic E-state index is 13.4. The van der Waals surface area contributed by atoms with Gasteiger partial charge in [0, 0.05) is 12.5 Å². The summed E-state index contributed by atoms with van der Waals surface area (Å²) in [6.45, 7) is 2.37. The van der Waals surface area contributed by atoms with Crippen LogP contribution in [0.2, 0.25) is 0 Å². The predicted molar refractivity (Wildman–Crippen MR) is 131 cm³/mol. The van der Waals surface area contributed by atoms with E-state index < -0.39 is 57.0 Å². The highest BCUT2D eigenvalue weighted by atomic mass is 32.2. The molecule has 1 saturated heterocycles. The van der Waals surface area contributed by atoms with E-state index >= 15 is 0 Å². The normalized spacial score (nSPS) is 34.7. The lowest BCUT2D eigenvalue weighted by Crippen LogP contribution is -2.59. The third kappa shape index (κ3) is 6.03. The largest absolute Gasteiger partial charge is 0.450 e. The summed E-state index contributed by atoms with van der Waals surface area (Å²) in [5.41, 5.74) is -1.32. The lowest BCUT2D eigenvalue weighted by Gasteiger charge is -2.34. The van der Waals surface area contributed by atoms with Crippen molar-refractivity contribution >= 4 is 27.9 Å². The highest BCUT2D eigenvalue weighted by molar-refractivity contribution is 7.91. The topological polar surface area (TPSA) is 154 Å². The first-order valence-electron chi connectivity index (χ1n) is 13.1. The van der Waals surface area contributed by atoms with Gasteiger partial charge in [0.1, 0.15) is 11.8 Å². The van der Waals surface area contributed by atoms with Crippen LogP contribution in [0.1, 0.15) is 71.1 Å². The Morgan fingerprint density at radius 2 is 1.97 bits per heavy atom. The minimum atomic E-state index is -3.76. The molecule has 3 fully saturated rings. The number of rotatable bonds is 5. The number of fused-ring (bicyclic) bond motifs is 2. The number of aliphatic hydroxyl groups is 1. The summed E-state index contributed by atoms with van der Waals surface area (Å²) in [6, 6.07) is -1.32. The Balaban J connectivity index is 1.54. The van der Waals surface area contributed by atoms with Gasteiger partial charge in [-0.25, -0.2) is 13.2 Å². The quantitative estimate of drug-likeness (QED) is 0.385.